The third kappa shape index (κ3) is 5.50. The fourth-order valence-corrected chi connectivity index (χ4v) is 3.06. The maximum atomic E-state index is 12.7. The Bertz CT molecular complexity index is 724. The van der Waals surface area contributed by atoms with E-state index >= 15 is 0 Å². The number of rotatable bonds is 5. The van der Waals surface area contributed by atoms with Crippen LogP contribution in [0.2, 0.25) is 0 Å². The number of allylic oxidation sites excluding steroid dienone is 2. The van der Waals surface area contributed by atoms with Gasteiger partial charge in [-0.15, -0.1) is 0 Å². The summed E-state index contributed by atoms with van der Waals surface area (Å²) in [6.07, 6.45) is 3.88. The van der Waals surface area contributed by atoms with Crippen molar-refractivity contribution >= 4 is 52.4 Å². The molecule has 4 nitrogen and oxygen atoms in total. The summed E-state index contributed by atoms with van der Waals surface area (Å²) in [6.45, 7) is 3.54. The summed E-state index contributed by atoms with van der Waals surface area (Å²) in [7, 11) is 0. The van der Waals surface area contributed by atoms with E-state index in [1.807, 2.05) is 43.3 Å². The van der Waals surface area contributed by atoms with E-state index in [2.05, 4.69) is 5.32 Å². The minimum absolute atomic E-state index is 0.0497. The molecule has 0 aromatic heterocycles. The first kappa shape index (κ1) is 20.8. The number of halogens is 3. The SMILES string of the molecule is Cc1ccc(NC(=O)[C@@H]2CC=CC[C@H]2C(=O)O[C@@H](C)C(Cl)=C(Cl)Cl)cc1. The average molecular weight is 417 g/mol. The molecule has 1 aliphatic rings. The smallest absolute Gasteiger partial charge is 0.310 e. The molecule has 1 aromatic carbocycles. The lowest BCUT2D eigenvalue weighted by Gasteiger charge is -2.27. The van der Waals surface area contributed by atoms with Gasteiger partial charge in [-0.3, -0.25) is 9.59 Å². The van der Waals surface area contributed by atoms with Crippen LogP contribution in [0.5, 0.6) is 0 Å². The number of hydrogen-bond acceptors (Lipinski definition) is 3. The van der Waals surface area contributed by atoms with Gasteiger partial charge in [-0.2, -0.15) is 0 Å². The number of benzene rings is 1. The number of aryl methyl sites for hydroxylation is 1. The molecule has 1 aliphatic carbocycles. The zero-order valence-corrected chi connectivity index (χ0v) is 16.7. The Labute approximate surface area is 168 Å². The highest BCUT2D eigenvalue weighted by Gasteiger charge is 2.36. The summed E-state index contributed by atoms with van der Waals surface area (Å²) in [4.78, 5) is 25.2. The molecule has 2 rings (SSSR count). The lowest BCUT2D eigenvalue weighted by molar-refractivity contribution is -0.155. The fraction of sp³-hybridized carbons (Fsp3) is 0.368. The lowest BCUT2D eigenvalue weighted by atomic mass is 9.82. The van der Waals surface area contributed by atoms with E-state index in [0.29, 0.717) is 18.5 Å². The molecule has 0 unspecified atom stereocenters. The Kier molecular flexibility index (Phi) is 7.56. The first-order valence-electron chi connectivity index (χ1n) is 8.23. The molecule has 0 heterocycles. The number of amides is 1. The van der Waals surface area contributed by atoms with Crippen molar-refractivity contribution in [3.05, 3.63) is 51.5 Å². The van der Waals surface area contributed by atoms with Crippen molar-refractivity contribution in [1.29, 1.82) is 0 Å². The molecule has 1 aromatic rings. The maximum absolute atomic E-state index is 12.7. The van der Waals surface area contributed by atoms with Crippen molar-refractivity contribution < 1.29 is 14.3 Å². The quantitative estimate of drug-likeness (QED) is 0.521. The van der Waals surface area contributed by atoms with E-state index in [1.54, 1.807) is 6.92 Å². The highest BCUT2D eigenvalue weighted by atomic mass is 35.5. The van der Waals surface area contributed by atoms with Gasteiger partial charge in [0.05, 0.1) is 16.9 Å². The molecule has 7 heteroatoms. The molecule has 0 spiro atoms. The molecular weight excluding hydrogens is 397 g/mol. The van der Waals surface area contributed by atoms with Gasteiger partial charge in [0.25, 0.3) is 0 Å². The van der Waals surface area contributed by atoms with E-state index in [0.717, 1.165) is 5.56 Å². The molecule has 0 saturated heterocycles. The van der Waals surface area contributed by atoms with Crippen LogP contribution >= 0.6 is 34.8 Å². The van der Waals surface area contributed by atoms with Crippen molar-refractivity contribution in [3.63, 3.8) is 0 Å². The molecule has 140 valence electrons. The summed E-state index contributed by atoms with van der Waals surface area (Å²) < 4.78 is 5.20. The van der Waals surface area contributed by atoms with E-state index in [-0.39, 0.29) is 15.4 Å². The molecule has 1 N–H and O–H groups in total. The van der Waals surface area contributed by atoms with Crippen molar-refractivity contribution in [2.45, 2.75) is 32.8 Å². The highest BCUT2D eigenvalue weighted by Crippen LogP contribution is 2.30. The maximum Gasteiger partial charge on any atom is 0.310 e. The van der Waals surface area contributed by atoms with Gasteiger partial charge in [-0.25, -0.2) is 0 Å². The van der Waals surface area contributed by atoms with Crippen LogP contribution in [-0.4, -0.2) is 18.0 Å². The van der Waals surface area contributed by atoms with Gasteiger partial charge in [0, 0.05) is 5.69 Å². The first-order valence-corrected chi connectivity index (χ1v) is 9.36. The van der Waals surface area contributed by atoms with Gasteiger partial charge in [0.2, 0.25) is 5.91 Å². The highest BCUT2D eigenvalue weighted by molar-refractivity contribution is 6.59. The second-order valence-corrected chi connectivity index (χ2v) is 7.56. The number of nitrogens with one attached hydrogen (secondary N) is 1. The number of carbonyl (C=O) groups is 2. The summed E-state index contributed by atoms with van der Waals surface area (Å²) in [5.74, 6) is -1.83. The molecule has 0 aliphatic heterocycles. The molecule has 3 atom stereocenters. The fourth-order valence-electron chi connectivity index (χ4n) is 2.70. The predicted octanol–water partition coefficient (Wildman–Crippen LogP) is 5.33. The van der Waals surface area contributed by atoms with Crippen LogP contribution in [0.4, 0.5) is 5.69 Å². The summed E-state index contributed by atoms with van der Waals surface area (Å²) >= 11 is 17.2. The Hall–Kier alpha value is -1.49. The number of carbonyl (C=O) groups excluding carboxylic acids is 2. The normalized spacial score (nSPS) is 20.2. The molecular formula is C19H20Cl3NO3. The molecule has 26 heavy (non-hydrogen) atoms. The average Bonchev–Trinajstić information content (AvgIpc) is 2.62. The lowest BCUT2D eigenvalue weighted by Crippen LogP contribution is -2.36. The van der Waals surface area contributed by atoms with E-state index < -0.39 is 23.9 Å². The van der Waals surface area contributed by atoms with Crippen molar-refractivity contribution in [2.24, 2.45) is 11.8 Å². The third-order valence-electron chi connectivity index (χ3n) is 4.22. The van der Waals surface area contributed by atoms with E-state index in [4.69, 9.17) is 39.5 Å². The van der Waals surface area contributed by atoms with Crippen LogP contribution in [-0.2, 0) is 14.3 Å². The second-order valence-electron chi connectivity index (χ2n) is 6.20. The van der Waals surface area contributed by atoms with Gasteiger partial charge in [-0.05, 0) is 38.8 Å². The van der Waals surface area contributed by atoms with E-state index in [1.165, 1.54) is 0 Å². The van der Waals surface area contributed by atoms with Crippen LogP contribution in [0.1, 0.15) is 25.3 Å². The molecule has 0 saturated carbocycles. The molecule has 0 bridgehead atoms. The van der Waals surface area contributed by atoms with Gasteiger partial charge in [-0.1, -0.05) is 64.7 Å². The summed E-state index contributed by atoms with van der Waals surface area (Å²) in [6, 6.07) is 7.48. The second kappa shape index (κ2) is 9.45. The minimum Gasteiger partial charge on any atom is -0.457 e. The Morgan fingerprint density at radius 2 is 1.65 bits per heavy atom. The van der Waals surface area contributed by atoms with Gasteiger partial charge in [0.1, 0.15) is 10.6 Å². The van der Waals surface area contributed by atoms with Gasteiger partial charge < -0.3 is 10.1 Å². The molecule has 1 amide bonds. The largest absolute Gasteiger partial charge is 0.457 e. The Morgan fingerprint density at radius 3 is 2.23 bits per heavy atom. The predicted molar refractivity (Wildman–Crippen MR) is 105 cm³/mol. The summed E-state index contributed by atoms with van der Waals surface area (Å²) in [5.41, 5.74) is 1.79. The van der Waals surface area contributed by atoms with Crippen LogP contribution in [0.3, 0.4) is 0 Å². The topological polar surface area (TPSA) is 55.4 Å². The van der Waals surface area contributed by atoms with Crippen LogP contribution in [0.15, 0.2) is 45.9 Å². The zero-order valence-electron chi connectivity index (χ0n) is 14.5. The molecule has 0 radical (unpaired) electrons. The zero-order chi connectivity index (χ0) is 19.3. The van der Waals surface area contributed by atoms with E-state index in [9.17, 15) is 9.59 Å². The number of hydrogen-bond donors (Lipinski definition) is 1. The number of ether oxygens (including phenoxy) is 1. The number of esters is 1. The van der Waals surface area contributed by atoms with Crippen LogP contribution in [0, 0.1) is 18.8 Å². The van der Waals surface area contributed by atoms with Crippen molar-refractivity contribution in [3.8, 4) is 0 Å². The van der Waals surface area contributed by atoms with Gasteiger partial charge >= 0.3 is 5.97 Å². The van der Waals surface area contributed by atoms with Crippen LogP contribution < -0.4 is 5.32 Å². The minimum atomic E-state index is -0.777. The molecule has 0 fully saturated rings. The first-order chi connectivity index (χ1) is 12.3. The number of anilines is 1. The third-order valence-corrected chi connectivity index (χ3v) is 5.32. The van der Waals surface area contributed by atoms with Gasteiger partial charge in [0.15, 0.2) is 0 Å². The summed E-state index contributed by atoms with van der Waals surface area (Å²) in [5, 5.41) is 2.91. The van der Waals surface area contributed by atoms with Crippen molar-refractivity contribution in [2.75, 3.05) is 5.32 Å². The Balaban J connectivity index is 2.07. The monoisotopic (exact) mass is 415 g/mol. The standard InChI is InChI=1S/C19H20Cl3NO3/c1-11-7-9-13(10-8-11)23-18(24)14-5-3-4-6-15(14)19(25)26-12(2)16(20)17(21)22/h3-4,7-10,12,14-15H,5-6H2,1-2H3,(H,23,24)/t12-,14+,15+/m0/s1. The van der Waals surface area contributed by atoms with Crippen LogP contribution in [0.25, 0.3) is 0 Å². The Morgan fingerprint density at radius 1 is 1.08 bits per heavy atom. The van der Waals surface area contributed by atoms with Crippen molar-refractivity contribution in [1.82, 2.24) is 0 Å².